The standard InChI is InChI=1S/C14H10Cl2N2O3/c15-10-5-9(13(20)12(16)6-10)7-17-18-14(21)8-1-3-11(19)4-2-8/h1-7,19-20H,(H,18,21)/b17-7-. The number of halogens is 2. The second-order valence-corrected chi connectivity index (χ2v) is 4.92. The maximum atomic E-state index is 11.7. The minimum atomic E-state index is -0.459. The van der Waals surface area contributed by atoms with Crippen LogP contribution in [0.15, 0.2) is 41.5 Å². The van der Waals surface area contributed by atoms with E-state index < -0.39 is 5.91 Å². The summed E-state index contributed by atoms with van der Waals surface area (Å²) in [7, 11) is 0. The van der Waals surface area contributed by atoms with Crippen LogP contribution in [-0.2, 0) is 0 Å². The van der Waals surface area contributed by atoms with Crippen molar-refractivity contribution in [2.45, 2.75) is 0 Å². The van der Waals surface area contributed by atoms with Crippen molar-refractivity contribution in [3.8, 4) is 11.5 Å². The molecule has 2 rings (SSSR count). The van der Waals surface area contributed by atoms with Gasteiger partial charge in [-0.05, 0) is 36.4 Å². The van der Waals surface area contributed by atoms with Crippen LogP contribution in [0.1, 0.15) is 15.9 Å². The van der Waals surface area contributed by atoms with Crippen molar-refractivity contribution in [3.63, 3.8) is 0 Å². The lowest BCUT2D eigenvalue weighted by Gasteiger charge is -2.03. The highest BCUT2D eigenvalue weighted by Gasteiger charge is 2.07. The van der Waals surface area contributed by atoms with Gasteiger partial charge in [0.1, 0.15) is 11.5 Å². The zero-order valence-corrected chi connectivity index (χ0v) is 12.1. The Morgan fingerprint density at radius 3 is 2.48 bits per heavy atom. The highest BCUT2D eigenvalue weighted by Crippen LogP contribution is 2.29. The Labute approximate surface area is 130 Å². The molecule has 0 bridgehead atoms. The van der Waals surface area contributed by atoms with Gasteiger partial charge in [-0.25, -0.2) is 5.43 Å². The number of hydrazone groups is 1. The van der Waals surface area contributed by atoms with Gasteiger partial charge in [0.25, 0.3) is 5.91 Å². The zero-order valence-electron chi connectivity index (χ0n) is 10.5. The number of benzene rings is 2. The van der Waals surface area contributed by atoms with E-state index >= 15 is 0 Å². The van der Waals surface area contributed by atoms with Crippen LogP contribution >= 0.6 is 23.2 Å². The molecule has 1 amide bonds. The van der Waals surface area contributed by atoms with Gasteiger partial charge in [-0.1, -0.05) is 23.2 Å². The van der Waals surface area contributed by atoms with Crippen LogP contribution in [0.5, 0.6) is 11.5 Å². The van der Waals surface area contributed by atoms with Gasteiger partial charge in [-0.2, -0.15) is 5.10 Å². The van der Waals surface area contributed by atoms with Crippen molar-refractivity contribution in [1.29, 1.82) is 0 Å². The fourth-order valence-electron chi connectivity index (χ4n) is 1.52. The van der Waals surface area contributed by atoms with Crippen LogP contribution in [0.4, 0.5) is 0 Å². The second kappa shape index (κ2) is 6.47. The summed E-state index contributed by atoms with van der Waals surface area (Å²) >= 11 is 11.6. The summed E-state index contributed by atoms with van der Waals surface area (Å²) in [5.41, 5.74) is 2.89. The largest absolute Gasteiger partial charge is 0.508 e. The van der Waals surface area contributed by atoms with Crippen molar-refractivity contribution in [1.82, 2.24) is 5.43 Å². The van der Waals surface area contributed by atoms with Crippen molar-refractivity contribution < 1.29 is 15.0 Å². The van der Waals surface area contributed by atoms with Gasteiger partial charge in [-0.3, -0.25) is 4.79 Å². The normalized spacial score (nSPS) is 10.8. The lowest BCUT2D eigenvalue weighted by Crippen LogP contribution is -2.17. The number of phenols is 2. The number of rotatable bonds is 3. The van der Waals surface area contributed by atoms with Crippen molar-refractivity contribution in [2.75, 3.05) is 0 Å². The first-order valence-electron chi connectivity index (χ1n) is 5.78. The molecule has 2 aromatic carbocycles. The summed E-state index contributed by atoms with van der Waals surface area (Å²) in [6.07, 6.45) is 1.23. The molecular weight excluding hydrogens is 315 g/mol. The quantitative estimate of drug-likeness (QED) is 0.599. The first kappa shape index (κ1) is 15.2. The highest BCUT2D eigenvalue weighted by atomic mass is 35.5. The van der Waals surface area contributed by atoms with E-state index in [-0.39, 0.29) is 22.1 Å². The first-order valence-corrected chi connectivity index (χ1v) is 6.53. The van der Waals surface area contributed by atoms with Crippen molar-refractivity contribution in [3.05, 3.63) is 57.6 Å². The molecule has 0 spiro atoms. The lowest BCUT2D eigenvalue weighted by atomic mass is 10.2. The van der Waals surface area contributed by atoms with Gasteiger partial charge in [0.15, 0.2) is 0 Å². The number of hydrogen-bond donors (Lipinski definition) is 3. The minimum absolute atomic E-state index is 0.0635. The molecular formula is C14H10Cl2N2O3. The topological polar surface area (TPSA) is 81.9 Å². The predicted octanol–water partition coefficient (Wildman–Crippen LogP) is 3.17. The van der Waals surface area contributed by atoms with Crippen LogP contribution in [0.25, 0.3) is 0 Å². The lowest BCUT2D eigenvalue weighted by molar-refractivity contribution is 0.0955. The average molecular weight is 325 g/mol. The fraction of sp³-hybridized carbons (Fsp3) is 0. The SMILES string of the molecule is O=C(N/N=C\c1cc(Cl)cc(Cl)c1O)c1ccc(O)cc1. The first-order chi connectivity index (χ1) is 9.97. The molecule has 0 heterocycles. The molecule has 0 unspecified atom stereocenters. The van der Waals surface area contributed by atoms with E-state index in [4.69, 9.17) is 28.3 Å². The molecule has 2 aromatic rings. The summed E-state index contributed by atoms with van der Waals surface area (Å²) in [5, 5.41) is 23.0. The van der Waals surface area contributed by atoms with E-state index in [0.717, 1.165) is 0 Å². The van der Waals surface area contributed by atoms with Crippen LogP contribution in [0.3, 0.4) is 0 Å². The molecule has 7 heteroatoms. The Hall–Kier alpha value is -2.24. The van der Waals surface area contributed by atoms with Crippen LogP contribution in [0, 0.1) is 0 Å². The van der Waals surface area contributed by atoms with Crippen molar-refractivity contribution >= 4 is 35.3 Å². The third-order valence-electron chi connectivity index (χ3n) is 2.56. The van der Waals surface area contributed by atoms with E-state index in [1.807, 2.05) is 0 Å². The molecule has 5 nitrogen and oxygen atoms in total. The number of nitrogens with one attached hydrogen (secondary N) is 1. The van der Waals surface area contributed by atoms with E-state index in [1.165, 1.54) is 42.6 Å². The Morgan fingerprint density at radius 1 is 1.14 bits per heavy atom. The molecule has 0 radical (unpaired) electrons. The predicted molar refractivity (Wildman–Crippen MR) is 81.3 cm³/mol. The van der Waals surface area contributed by atoms with Crippen LogP contribution < -0.4 is 5.43 Å². The molecule has 0 fully saturated rings. The Balaban J connectivity index is 2.09. The van der Waals surface area contributed by atoms with E-state index in [9.17, 15) is 9.90 Å². The summed E-state index contributed by atoms with van der Waals surface area (Å²) < 4.78 is 0. The molecule has 0 aromatic heterocycles. The van der Waals surface area contributed by atoms with Gasteiger partial charge in [0, 0.05) is 16.1 Å². The number of nitrogens with zero attached hydrogens (tertiary/aromatic N) is 1. The molecule has 21 heavy (non-hydrogen) atoms. The van der Waals surface area contributed by atoms with Gasteiger partial charge in [0.05, 0.1) is 11.2 Å². The monoisotopic (exact) mass is 324 g/mol. The van der Waals surface area contributed by atoms with E-state index in [0.29, 0.717) is 10.6 Å². The zero-order chi connectivity index (χ0) is 15.4. The molecule has 3 N–H and O–H groups in total. The highest BCUT2D eigenvalue weighted by molar-refractivity contribution is 6.36. The van der Waals surface area contributed by atoms with Crippen LogP contribution in [0.2, 0.25) is 10.0 Å². The third-order valence-corrected chi connectivity index (χ3v) is 3.06. The molecule has 0 aliphatic carbocycles. The molecule has 0 saturated carbocycles. The van der Waals surface area contributed by atoms with E-state index in [2.05, 4.69) is 10.5 Å². The second-order valence-electron chi connectivity index (χ2n) is 4.07. The molecule has 0 aliphatic heterocycles. The molecule has 0 atom stereocenters. The third kappa shape index (κ3) is 3.87. The molecule has 0 saturated heterocycles. The number of amides is 1. The van der Waals surface area contributed by atoms with Gasteiger partial charge in [-0.15, -0.1) is 0 Å². The smallest absolute Gasteiger partial charge is 0.271 e. The summed E-state index contributed by atoms with van der Waals surface area (Å²) in [6, 6.07) is 8.54. The fourth-order valence-corrected chi connectivity index (χ4v) is 2.03. The number of carbonyl (C=O) groups excluding carboxylic acids is 1. The Morgan fingerprint density at radius 2 is 1.81 bits per heavy atom. The van der Waals surface area contributed by atoms with Gasteiger partial charge < -0.3 is 10.2 Å². The number of aromatic hydroxyl groups is 2. The molecule has 108 valence electrons. The van der Waals surface area contributed by atoms with E-state index in [1.54, 1.807) is 0 Å². The summed E-state index contributed by atoms with van der Waals surface area (Å²) in [5.74, 6) is -0.573. The van der Waals surface area contributed by atoms with Gasteiger partial charge in [0.2, 0.25) is 0 Å². The maximum Gasteiger partial charge on any atom is 0.271 e. The Kier molecular flexibility index (Phi) is 4.67. The van der Waals surface area contributed by atoms with Crippen LogP contribution in [-0.4, -0.2) is 22.3 Å². The average Bonchev–Trinajstić information content (AvgIpc) is 2.44. The minimum Gasteiger partial charge on any atom is -0.508 e. The molecule has 0 aliphatic rings. The number of hydrogen-bond acceptors (Lipinski definition) is 4. The number of phenolic OH excluding ortho intramolecular Hbond substituents is 2. The Bertz CT molecular complexity index is 700. The van der Waals surface area contributed by atoms with Gasteiger partial charge >= 0.3 is 0 Å². The summed E-state index contributed by atoms with van der Waals surface area (Å²) in [6.45, 7) is 0. The maximum absolute atomic E-state index is 11.7. The summed E-state index contributed by atoms with van der Waals surface area (Å²) in [4.78, 5) is 11.7. The van der Waals surface area contributed by atoms with Crippen molar-refractivity contribution in [2.24, 2.45) is 5.10 Å². The number of carbonyl (C=O) groups is 1.